The van der Waals surface area contributed by atoms with Gasteiger partial charge in [0.25, 0.3) is 5.91 Å². The second kappa shape index (κ2) is 5.31. The number of hydrogen-bond donors (Lipinski definition) is 2. The molecule has 0 spiro atoms. The molecule has 2 atom stereocenters. The lowest BCUT2D eigenvalue weighted by atomic mass is 9.99. The van der Waals surface area contributed by atoms with Gasteiger partial charge >= 0.3 is 0 Å². The van der Waals surface area contributed by atoms with Crippen molar-refractivity contribution in [2.24, 2.45) is 0 Å². The van der Waals surface area contributed by atoms with Crippen molar-refractivity contribution in [2.75, 3.05) is 0 Å². The highest BCUT2D eigenvalue weighted by atomic mass is 35.5. The fraction of sp³-hybridized carbons (Fsp3) is 0.500. The summed E-state index contributed by atoms with van der Waals surface area (Å²) < 4.78 is 0. The molecule has 2 unspecified atom stereocenters. The Hall–Kier alpha value is -0.770. The van der Waals surface area contributed by atoms with Crippen LogP contribution in [0.4, 0.5) is 0 Å². The first kappa shape index (κ1) is 13.2. The van der Waals surface area contributed by atoms with E-state index < -0.39 is 0 Å². The summed E-state index contributed by atoms with van der Waals surface area (Å²) in [5.41, 5.74) is 0.570. The van der Waals surface area contributed by atoms with E-state index in [9.17, 15) is 4.79 Å². The highest BCUT2D eigenvalue weighted by molar-refractivity contribution is 6.42. The van der Waals surface area contributed by atoms with Crippen molar-refractivity contribution in [1.82, 2.24) is 10.6 Å². The number of benzene rings is 1. The Bertz CT molecular complexity index is 494. The Balaban J connectivity index is 1.66. The third-order valence-electron chi connectivity index (χ3n) is 3.99. The molecule has 2 heterocycles. The van der Waals surface area contributed by atoms with Crippen LogP contribution in [0.1, 0.15) is 36.0 Å². The Morgan fingerprint density at radius 1 is 1.16 bits per heavy atom. The van der Waals surface area contributed by atoms with Gasteiger partial charge in [0.15, 0.2) is 0 Å². The molecule has 1 aromatic rings. The summed E-state index contributed by atoms with van der Waals surface area (Å²) in [5, 5.41) is 7.55. The molecule has 0 aromatic heterocycles. The minimum absolute atomic E-state index is 0.0649. The minimum Gasteiger partial charge on any atom is -0.349 e. The van der Waals surface area contributed by atoms with Crippen molar-refractivity contribution in [2.45, 2.75) is 43.8 Å². The molecule has 2 aliphatic heterocycles. The van der Waals surface area contributed by atoms with Crippen LogP contribution in [0, 0.1) is 0 Å². The third-order valence-corrected chi connectivity index (χ3v) is 4.73. The average molecular weight is 299 g/mol. The van der Waals surface area contributed by atoms with Crippen molar-refractivity contribution in [3.63, 3.8) is 0 Å². The molecule has 19 heavy (non-hydrogen) atoms. The van der Waals surface area contributed by atoms with Crippen LogP contribution in [-0.4, -0.2) is 24.0 Å². The molecule has 0 saturated carbocycles. The molecule has 1 aromatic carbocycles. The van der Waals surface area contributed by atoms with Gasteiger partial charge in [-0.15, -0.1) is 0 Å². The van der Waals surface area contributed by atoms with Gasteiger partial charge in [-0.25, -0.2) is 0 Å². The number of halogens is 2. The summed E-state index contributed by atoms with van der Waals surface area (Å²) >= 11 is 11.8. The number of hydrogen-bond acceptors (Lipinski definition) is 2. The number of piperidine rings is 1. The van der Waals surface area contributed by atoms with Gasteiger partial charge < -0.3 is 10.6 Å². The van der Waals surface area contributed by atoms with Crippen molar-refractivity contribution >= 4 is 29.1 Å². The lowest BCUT2D eigenvalue weighted by molar-refractivity contribution is 0.0924. The largest absolute Gasteiger partial charge is 0.349 e. The van der Waals surface area contributed by atoms with Crippen LogP contribution in [0.25, 0.3) is 0 Å². The molecule has 2 N–H and O–H groups in total. The average Bonchev–Trinajstić information content (AvgIpc) is 2.72. The van der Waals surface area contributed by atoms with Crippen LogP contribution >= 0.6 is 23.2 Å². The quantitative estimate of drug-likeness (QED) is 0.881. The topological polar surface area (TPSA) is 41.1 Å². The number of rotatable bonds is 2. The van der Waals surface area contributed by atoms with E-state index in [0.717, 1.165) is 12.8 Å². The number of amides is 1. The van der Waals surface area contributed by atoms with E-state index in [4.69, 9.17) is 23.2 Å². The first-order chi connectivity index (χ1) is 9.11. The van der Waals surface area contributed by atoms with Gasteiger partial charge in [-0.3, -0.25) is 4.79 Å². The number of carbonyl (C=O) groups excluding carboxylic acids is 1. The first-order valence-corrected chi connectivity index (χ1v) is 7.39. The van der Waals surface area contributed by atoms with E-state index in [1.165, 1.54) is 12.8 Å². The van der Waals surface area contributed by atoms with Crippen LogP contribution < -0.4 is 10.6 Å². The van der Waals surface area contributed by atoms with Crippen molar-refractivity contribution < 1.29 is 4.79 Å². The molecular formula is C14H16Cl2N2O. The first-order valence-electron chi connectivity index (χ1n) is 6.64. The van der Waals surface area contributed by atoms with Gasteiger partial charge in [0.2, 0.25) is 0 Å². The molecule has 102 valence electrons. The summed E-state index contributed by atoms with van der Waals surface area (Å²) in [4.78, 5) is 12.2. The number of carbonyl (C=O) groups is 1. The molecule has 0 aliphatic carbocycles. The molecule has 2 saturated heterocycles. The zero-order valence-electron chi connectivity index (χ0n) is 10.5. The molecule has 2 bridgehead atoms. The summed E-state index contributed by atoms with van der Waals surface area (Å²) in [7, 11) is 0. The van der Waals surface area contributed by atoms with Gasteiger partial charge in [-0.05, 0) is 43.9 Å². The number of fused-ring (bicyclic) bond motifs is 2. The molecule has 5 heteroatoms. The highest BCUT2D eigenvalue weighted by Crippen LogP contribution is 2.27. The van der Waals surface area contributed by atoms with E-state index in [-0.39, 0.29) is 11.9 Å². The predicted molar refractivity (Wildman–Crippen MR) is 76.9 cm³/mol. The fourth-order valence-electron chi connectivity index (χ4n) is 3.08. The predicted octanol–water partition coefficient (Wildman–Crippen LogP) is 3.01. The maximum Gasteiger partial charge on any atom is 0.251 e. The van der Waals surface area contributed by atoms with Crippen LogP contribution in [0.2, 0.25) is 10.0 Å². The Labute approximate surface area is 122 Å². The van der Waals surface area contributed by atoms with E-state index >= 15 is 0 Å². The molecule has 3 nitrogen and oxygen atoms in total. The zero-order valence-corrected chi connectivity index (χ0v) is 12.0. The molecular weight excluding hydrogens is 283 g/mol. The molecule has 1 amide bonds. The van der Waals surface area contributed by atoms with Crippen molar-refractivity contribution in [1.29, 1.82) is 0 Å². The summed E-state index contributed by atoms with van der Waals surface area (Å²) in [5.74, 6) is -0.0649. The Morgan fingerprint density at radius 3 is 2.47 bits per heavy atom. The zero-order chi connectivity index (χ0) is 13.4. The van der Waals surface area contributed by atoms with Crippen molar-refractivity contribution in [3.05, 3.63) is 33.8 Å². The smallest absolute Gasteiger partial charge is 0.251 e. The van der Waals surface area contributed by atoms with Crippen LogP contribution in [0.5, 0.6) is 0 Å². The molecule has 2 aliphatic rings. The Kier molecular flexibility index (Phi) is 3.70. The van der Waals surface area contributed by atoms with E-state index in [1.54, 1.807) is 18.2 Å². The monoisotopic (exact) mass is 298 g/mol. The third kappa shape index (κ3) is 2.88. The highest BCUT2D eigenvalue weighted by Gasteiger charge is 2.34. The summed E-state index contributed by atoms with van der Waals surface area (Å²) in [6.45, 7) is 0. The maximum absolute atomic E-state index is 12.2. The van der Waals surface area contributed by atoms with Gasteiger partial charge in [0.05, 0.1) is 10.0 Å². The second-order valence-electron chi connectivity index (χ2n) is 5.41. The normalized spacial score (nSPS) is 29.3. The van der Waals surface area contributed by atoms with Gasteiger partial charge in [-0.1, -0.05) is 23.2 Å². The van der Waals surface area contributed by atoms with E-state index in [0.29, 0.717) is 27.7 Å². The van der Waals surface area contributed by atoms with E-state index in [1.807, 2.05) is 0 Å². The lowest BCUT2D eigenvalue weighted by Crippen LogP contribution is -2.48. The summed E-state index contributed by atoms with van der Waals surface area (Å²) in [6.07, 6.45) is 4.49. The molecule has 2 fully saturated rings. The molecule has 3 rings (SSSR count). The Morgan fingerprint density at radius 2 is 1.84 bits per heavy atom. The second-order valence-corrected chi connectivity index (χ2v) is 6.22. The molecule has 0 radical (unpaired) electrons. The van der Waals surface area contributed by atoms with Crippen LogP contribution in [0.15, 0.2) is 18.2 Å². The van der Waals surface area contributed by atoms with Crippen LogP contribution in [0.3, 0.4) is 0 Å². The standard InChI is InChI=1S/C14H16Cl2N2O/c15-12-4-1-8(5-13(12)16)14(19)18-11-6-9-2-3-10(7-11)17-9/h1,4-5,9-11,17H,2-3,6-7H2,(H,18,19). The van der Waals surface area contributed by atoms with Gasteiger partial charge in [0, 0.05) is 23.7 Å². The minimum atomic E-state index is -0.0649. The summed E-state index contributed by atoms with van der Waals surface area (Å²) in [6, 6.07) is 6.38. The fourth-order valence-corrected chi connectivity index (χ4v) is 3.38. The van der Waals surface area contributed by atoms with E-state index in [2.05, 4.69) is 10.6 Å². The van der Waals surface area contributed by atoms with Crippen molar-refractivity contribution in [3.8, 4) is 0 Å². The number of nitrogens with one attached hydrogen (secondary N) is 2. The maximum atomic E-state index is 12.2. The SMILES string of the molecule is O=C(NC1CC2CCC(C1)N2)c1ccc(Cl)c(Cl)c1. The lowest BCUT2D eigenvalue weighted by Gasteiger charge is -2.29. The van der Waals surface area contributed by atoms with Gasteiger partial charge in [-0.2, -0.15) is 0 Å². The van der Waals surface area contributed by atoms with Crippen LogP contribution in [-0.2, 0) is 0 Å². The van der Waals surface area contributed by atoms with Gasteiger partial charge in [0.1, 0.15) is 0 Å².